The second-order valence-electron chi connectivity index (χ2n) is 5.35. The molecule has 2 rings (SSSR count). The molecule has 1 atom stereocenters. The van der Waals surface area contributed by atoms with Gasteiger partial charge in [0.15, 0.2) is 6.10 Å². The number of ether oxygens (including phenoxy) is 1. The highest BCUT2D eigenvalue weighted by atomic mass is 35.5. The van der Waals surface area contributed by atoms with Gasteiger partial charge in [0.25, 0.3) is 5.91 Å². The normalized spacial score (nSPS) is 12.6. The Balaban J connectivity index is 2.09. The maximum atomic E-state index is 12.9. The fourth-order valence-electron chi connectivity index (χ4n) is 2.01. The summed E-state index contributed by atoms with van der Waals surface area (Å²) in [4.78, 5) is 12.1. The van der Waals surface area contributed by atoms with Crippen LogP contribution in [0, 0.1) is 6.92 Å². The van der Waals surface area contributed by atoms with Crippen molar-refractivity contribution < 1.29 is 22.7 Å². The van der Waals surface area contributed by atoms with Crippen LogP contribution in [-0.4, -0.2) is 12.0 Å². The Morgan fingerprint density at radius 1 is 1.12 bits per heavy atom. The zero-order chi connectivity index (χ0) is 18.8. The molecule has 1 amide bonds. The van der Waals surface area contributed by atoms with Gasteiger partial charge in [0.05, 0.1) is 10.6 Å². The maximum absolute atomic E-state index is 12.9. The minimum absolute atomic E-state index is 0.0236. The molecule has 0 aliphatic carbocycles. The summed E-state index contributed by atoms with van der Waals surface area (Å²) in [6.45, 7) is 3.27. The first-order chi connectivity index (χ1) is 11.6. The predicted molar refractivity (Wildman–Crippen MR) is 91.4 cm³/mol. The van der Waals surface area contributed by atoms with Crippen molar-refractivity contribution in [2.24, 2.45) is 0 Å². The van der Waals surface area contributed by atoms with Gasteiger partial charge in [-0.3, -0.25) is 4.79 Å². The Bertz CT molecular complexity index is 794. The van der Waals surface area contributed by atoms with Crippen molar-refractivity contribution >= 4 is 34.8 Å². The predicted octanol–water partition coefficient (Wildman–Crippen LogP) is 5.73. The third-order valence-corrected chi connectivity index (χ3v) is 4.10. The molecule has 0 fully saturated rings. The Morgan fingerprint density at radius 2 is 1.76 bits per heavy atom. The summed E-state index contributed by atoms with van der Waals surface area (Å²) < 4.78 is 44.0. The van der Waals surface area contributed by atoms with Crippen LogP contribution < -0.4 is 10.1 Å². The molecule has 3 nitrogen and oxygen atoms in total. The van der Waals surface area contributed by atoms with E-state index in [-0.39, 0.29) is 5.69 Å². The highest BCUT2D eigenvalue weighted by Gasteiger charge is 2.33. The molecule has 0 spiro atoms. The molecular weight excluding hydrogens is 378 g/mol. The smallest absolute Gasteiger partial charge is 0.417 e. The van der Waals surface area contributed by atoms with Crippen LogP contribution in [0.25, 0.3) is 0 Å². The summed E-state index contributed by atoms with van der Waals surface area (Å²) in [5.74, 6) is -0.167. The number of halogens is 5. The number of hydrogen-bond donors (Lipinski definition) is 1. The maximum Gasteiger partial charge on any atom is 0.417 e. The van der Waals surface area contributed by atoms with Gasteiger partial charge in [-0.15, -0.1) is 0 Å². The number of benzene rings is 2. The fourth-order valence-corrected chi connectivity index (χ4v) is 2.35. The van der Waals surface area contributed by atoms with Gasteiger partial charge in [0, 0.05) is 10.7 Å². The van der Waals surface area contributed by atoms with E-state index in [0.717, 1.165) is 17.7 Å². The van der Waals surface area contributed by atoms with Crippen molar-refractivity contribution in [1.82, 2.24) is 0 Å². The standard InChI is InChI=1S/C17H14Cl2F3NO2/c1-9-7-12(4-6-14(9)18)25-10(2)16(24)23-11-3-5-15(19)13(8-11)17(20,21)22/h3-8,10H,1-2H3,(H,23,24)/t10-/m1/s1. The first kappa shape index (κ1) is 19.4. The van der Waals surface area contributed by atoms with Crippen LogP contribution in [0.2, 0.25) is 10.0 Å². The minimum Gasteiger partial charge on any atom is -0.481 e. The van der Waals surface area contributed by atoms with Crippen molar-refractivity contribution in [3.8, 4) is 5.75 Å². The number of carbonyl (C=O) groups is 1. The molecule has 0 saturated carbocycles. The molecule has 0 unspecified atom stereocenters. The molecule has 25 heavy (non-hydrogen) atoms. The van der Waals surface area contributed by atoms with E-state index in [9.17, 15) is 18.0 Å². The summed E-state index contributed by atoms with van der Waals surface area (Å²) in [5, 5.41) is 2.50. The first-order valence-electron chi connectivity index (χ1n) is 7.18. The lowest BCUT2D eigenvalue weighted by Crippen LogP contribution is -2.30. The topological polar surface area (TPSA) is 38.3 Å². The molecule has 1 N–H and O–H groups in total. The molecule has 0 radical (unpaired) electrons. The highest BCUT2D eigenvalue weighted by Crippen LogP contribution is 2.36. The van der Waals surface area contributed by atoms with E-state index in [1.165, 1.54) is 13.0 Å². The van der Waals surface area contributed by atoms with E-state index in [0.29, 0.717) is 10.8 Å². The fraction of sp³-hybridized carbons (Fsp3) is 0.235. The highest BCUT2D eigenvalue weighted by molar-refractivity contribution is 6.31. The Labute approximate surface area is 152 Å². The van der Waals surface area contributed by atoms with Gasteiger partial charge in [-0.25, -0.2) is 0 Å². The van der Waals surface area contributed by atoms with Crippen LogP contribution in [0.3, 0.4) is 0 Å². The third-order valence-electron chi connectivity index (χ3n) is 3.35. The van der Waals surface area contributed by atoms with E-state index < -0.39 is 28.8 Å². The zero-order valence-electron chi connectivity index (χ0n) is 13.2. The molecule has 134 valence electrons. The van der Waals surface area contributed by atoms with Crippen LogP contribution in [0.4, 0.5) is 18.9 Å². The summed E-state index contributed by atoms with van der Waals surface area (Å²) in [6, 6.07) is 8.03. The second kappa shape index (κ2) is 7.54. The molecule has 0 aromatic heterocycles. The molecule has 0 heterocycles. The van der Waals surface area contributed by atoms with Gasteiger partial charge in [-0.05, 0) is 55.8 Å². The Kier molecular flexibility index (Phi) is 5.85. The quantitative estimate of drug-likeness (QED) is 0.722. The molecule has 0 aliphatic heterocycles. The zero-order valence-corrected chi connectivity index (χ0v) is 14.8. The van der Waals surface area contributed by atoms with Crippen LogP contribution in [0.15, 0.2) is 36.4 Å². The SMILES string of the molecule is Cc1cc(O[C@H](C)C(=O)Nc2ccc(Cl)c(C(F)(F)F)c2)ccc1Cl. The van der Waals surface area contributed by atoms with Gasteiger partial charge in [-0.1, -0.05) is 23.2 Å². The number of nitrogens with one attached hydrogen (secondary N) is 1. The van der Waals surface area contributed by atoms with Crippen molar-refractivity contribution in [2.75, 3.05) is 5.32 Å². The second-order valence-corrected chi connectivity index (χ2v) is 6.17. The average molecular weight is 392 g/mol. The first-order valence-corrected chi connectivity index (χ1v) is 7.94. The number of anilines is 1. The van der Waals surface area contributed by atoms with Gasteiger partial charge >= 0.3 is 6.18 Å². The number of carbonyl (C=O) groups excluding carboxylic acids is 1. The van der Waals surface area contributed by atoms with E-state index >= 15 is 0 Å². The van der Waals surface area contributed by atoms with Crippen LogP contribution in [0.5, 0.6) is 5.75 Å². The van der Waals surface area contributed by atoms with Gasteiger partial charge in [0.1, 0.15) is 5.75 Å². The van der Waals surface area contributed by atoms with Crippen molar-refractivity contribution in [2.45, 2.75) is 26.1 Å². The monoisotopic (exact) mass is 391 g/mol. The lowest BCUT2D eigenvalue weighted by Gasteiger charge is -2.16. The average Bonchev–Trinajstić information content (AvgIpc) is 2.51. The summed E-state index contributed by atoms with van der Waals surface area (Å²) >= 11 is 11.5. The number of aryl methyl sites for hydroxylation is 1. The lowest BCUT2D eigenvalue weighted by molar-refractivity contribution is -0.137. The minimum atomic E-state index is -4.61. The summed E-state index contributed by atoms with van der Waals surface area (Å²) in [7, 11) is 0. The van der Waals surface area contributed by atoms with Crippen molar-refractivity contribution in [1.29, 1.82) is 0 Å². The number of amides is 1. The van der Waals surface area contributed by atoms with E-state index in [4.69, 9.17) is 27.9 Å². The Morgan fingerprint density at radius 3 is 2.36 bits per heavy atom. The molecule has 0 saturated heterocycles. The molecule has 2 aromatic rings. The summed E-state index contributed by atoms with van der Waals surface area (Å²) in [6.07, 6.45) is -5.54. The molecule has 8 heteroatoms. The van der Waals surface area contributed by atoms with Gasteiger partial charge in [0.2, 0.25) is 0 Å². The van der Waals surface area contributed by atoms with E-state index in [1.54, 1.807) is 25.1 Å². The number of alkyl halides is 3. The van der Waals surface area contributed by atoms with Gasteiger partial charge < -0.3 is 10.1 Å². The molecule has 0 aliphatic rings. The van der Waals surface area contributed by atoms with Crippen LogP contribution in [0.1, 0.15) is 18.1 Å². The third kappa shape index (κ3) is 5.03. The molecule has 0 bridgehead atoms. The molecular formula is C17H14Cl2F3NO2. The Hall–Kier alpha value is -1.92. The van der Waals surface area contributed by atoms with Crippen LogP contribution in [-0.2, 0) is 11.0 Å². The van der Waals surface area contributed by atoms with E-state index in [2.05, 4.69) is 5.32 Å². The van der Waals surface area contributed by atoms with Crippen molar-refractivity contribution in [3.05, 3.63) is 57.6 Å². The van der Waals surface area contributed by atoms with Crippen molar-refractivity contribution in [3.63, 3.8) is 0 Å². The number of hydrogen-bond acceptors (Lipinski definition) is 2. The van der Waals surface area contributed by atoms with E-state index in [1.807, 2.05) is 0 Å². The molecule has 2 aromatic carbocycles. The van der Waals surface area contributed by atoms with Gasteiger partial charge in [-0.2, -0.15) is 13.2 Å². The number of rotatable bonds is 4. The largest absolute Gasteiger partial charge is 0.481 e. The lowest BCUT2D eigenvalue weighted by atomic mass is 10.2. The summed E-state index contributed by atoms with van der Waals surface area (Å²) in [5.41, 5.74) is -0.266. The van der Waals surface area contributed by atoms with Crippen LogP contribution >= 0.6 is 23.2 Å².